The van der Waals surface area contributed by atoms with Crippen LogP contribution in [0.15, 0.2) is 84.2 Å². The molecule has 3 aromatic carbocycles. The van der Waals surface area contributed by atoms with Gasteiger partial charge in [-0.1, -0.05) is 42.5 Å². The van der Waals surface area contributed by atoms with Crippen LogP contribution in [0, 0.1) is 11.3 Å². The molecule has 29 heavy (non-hydrogen) atoms. The third-order valence-corrected chi connectivity index (χ3v) is 4.89. The molecule has 0 aliphatic heterocycles. The molecule has 0 bridgehead atoms. The predicted octanol–water partition coefficient (Wildman–Crippen LogP) is 5.73. The summed E-state index contributed by atoms with van der Waals surface area (Å²) in [6.07, 6.45) is 0. The maximum Gasteiger partial charge on any atom is 0.261 e. The van der Waals surface area contributed by atoms with E-state index in [4.69, 9.17) is 10.00 Å². The van der Waals surface area contributed by atoms with Crippen LogP contribution in [0.4, 0.5) is 5.13 Å². The number of ether oxygens (including phenoxy) is 1. The normalized spacial score (nSPS) is 10.2. The number of hydrogen-bond donors (Lipinski definition) is 1. The van der Waals surface area contributed by atoms with Gasteiger partial charge in [-0.2, -0.15) is 5.26 Å². The van der Waals surface area contributed by atoms with Gasteiger partial charge in [-0.3, -0.25) is 10.1 Å². The minimum Gasteiger partial charge on any atom is -0.457 e. The van der Waals surface area contributed by atoms with Crippen LogP contribution in [0.2, 0.25) is 0 Å². The van der Waals surface area contributed by atoms with Crippen molar-refractivity contribution in [1.29, 1.82) is 5.26 Å². The number of thiazole rings is 1. The summed E-state index contributed by atoms with van der Waals surface area (Å²) in [5.74, 6) is 0.836. The number of aromatic nitrogens is 1. The van der Waals surface area contributed by atoms with Crippen LogP contribution in [0.1, 0.15) is 15.9 Å². The molecule has 1 aromatic heterocycles. The summed E-state index contributed by atoms with van der Waals surface area (Å²) < 4.78 is 5.86. The van der Waals surface area contributed by atoms with Gasteiger partial charge in [0.25, 0.3) is 5.91 Å². The van der Waals surface area contributed by atoms with E-state index >= 15 is 0 Å². The van der Waals surface area contributed by atoms with E-state index in [2.05, 4.69) is 16.4 Å². The van der Waals surface area contributed by atoms with Crippen molar-refractivity contribution in [2.75, 3.05) is 5.32 Å². The number of nitrogens with zero attached hydrogens (tertiary/aromatic N) is 2. The molecule has 0 unspecified atom stereocenters. The first kappa shape index (κ1) is 18.4. The van der Waals surface area contributed by atoms with Crippen LogP contribution >= 0.6 is 11.3 Å². The second-order valence-electron chi connectivity index (χ2n) is 6.09. The van der Waals surface area contributed by atoms with Gasteiger partial charge in [0.15, 0.2) is 5.13 Å². The van der Waals surface area contributed by atoms with Crippen LogP contribution < -0.4 is 10.1 Å². The molecule has 0 atom stereocenters. The van der Waals surface area contributed by atoms with Gasteiger partial charge in [0.1, 0.15) is 11.5 Å². The van der Waals surface area contributed by atoms with Gasteiger partial charge in [0.2, 0.25) is 0 Å². The molecule has 0 radical (unpaired) electrons. The Hall–Kier alpha value is -3.95. The average molecular weight is 397 g/mol. The first-order valence-corrected chi connectivity index (χ1v) is 9.70. The fourth-order valence-corrected chi connectivity index (χ4v) is 3.42. The van der Waals surface area contributed by atoms with Crippen molar-refractivity contribution >= 4 is 22.4 Å². The number of nitrogens with one attached hydrogen (secondary N) is 1. The lowest BCUT2D eigenvalue weighted by Gasteiger charge is -2.10. The SMILES string of the molecule is N#Cc1ccc(-c2csc(NC(=O)c3ccccc3Oc3ccccc3)n2)cc1. The summed E-state index contributed by atoms with van der Waals surface area (Å²) in [5, 5.41) is 14.1. The molecule has 4 rings (SSSR count). The van der Waals surface area contributed by atoms with Crippen LogP contribution in [-0.4, -0.2) is 10.9 Å². The van der Waals surface area contributed by atoms with Gasteiger partial charge in [0, 0.05) is 10.9 Å². The molecule has 0 aliphatic carbocycles. The van der Waals surface area contributed by atoms with Crippen molar-refractivity contribution in [1.82, 2.24) is 4.98 Å². The smallest absolute Gasteiger partial charge is 0.261 e. The number of carbonyl (C=O) groups excluding carboxylic acids is 1. The maximum absolute atomic E-state index is 12.8. The summed E-state index contributed by atoms with van der Waals surface area (Å²) in [7, 11) is 0. The van der Waals surface area contributed by atoms with Crippen molar-refractivity contribution in [2.24, 2.45) is 0 Å². The van der Waals surface area contributed by atoms with Crippen molar-refractivity contribution in [3.05, 3.63) is 95.4 Å². The average Bonchev–Trinajstić information content (AvgIpc) is 3.23. The Morgan fingerprint density at radius 2 is 1.69 bits per heavy atom. The largest absolute Gasteiger partial charge is 0.457 e. The number of rotatable bonds is 5. The van der Waals surface area contributed by atoms with E-state index < -0.39 is 0 Å². The zero-order valence-corrected chi connectivity index (χ0v) is 16.0. The molecule has 0 spiro atoms. The van der Waals surface area contributed by atoms with Crippen LogP contribution in [0.25, 0.3) is 11.3 Å². The van der Waals surface area contributed by atoms with E-state index in [9.17, 15) is 4.79 Å². The molecule has 0 saturated heterocycles. The van der Waals surface area contributed by atoms with Gasteiger partial charge >= 0.3 is 0 Å². The number of benzene rings is 3. The highest BCUT2D eigenvalue weighted by Gasteiger charge is 2.15. The zero-order valence-electron chi connectivity index (χ0n) is 15.2. The quantitative estimate of drug-likeness (QED) is 0.467. The van der Waals surface area contributed by atoms with Gasteiger partial charge in [-0.25, -0.2) is 4.98 Å². The summed E-state index contributed by atoms with van der Waals surface area (Å²) in [6, 6.07) is 25.6. The molecular formula is C23H15N3O2S. The van der Waals surface area contributed by atoms with Crippen molar-refractivity contribution in [3.63, 3.8) is 0 Å². The molecule has 0 aliphatic rings. The highest BCUT2D eigenvalue weighted by molar-refractivity contribution is 7.14. The number of hydrogen-bond acceptors (Lipinski definition) is 5. The maximum atomic E-state index is 12.8. The Morgan fingerprint density at radius 1 is 0.966 bits per heavy atom. The summed E-state index contributed by atoms with van der Waals surface area (Å²) in [4.78, 5) is 17.3. The second-order valence-corrected chi connectivity index (χ2v) is 6.95. The molecular weight excluding hydrogens is 382 g/mol. The fourth-order valence-electron chi connectivity index (χ4n) is 2.70. The third-order valence-electron chi connectivity index (χ3n) is 4.14. The van der Waals surface area contributed by atoms with Crippen LogP contribution in [0.5, 0.6) is 11.5 Å². The topological polar surface area (TPSA) is 75.0 Å². The molecule has 1 N–H and O–H groups in total. The number of anilines is 1. The van der Waals surface area contributed by atoms with E-state index in [1.165, 1.54) is 11.3 Å². The highest BCUT2D eigenvalue weighted by Crippen LogP contribution is 2.28. The molecule has 0 saturated carbocycles. The van der Waals surface area contributed by atoms with E-state index in [0.717, 1.165) is 11.3 Å². The summed E-state index contributed by atoms with van der Waals surface area (Å²) >= 11 is 1.34. The van der Waals surface area contributed by atoms with E-state index in [1.807, 2.05) is 53.9 Å². The second kappa shape index (κ2) is 8.38. The monoisotopic (exact) mass is 397 g/mol. The Balaban J connectivity index is 1.52. The third kappa shape index (κ3) is 4.32. The van der Waals surface area contributed by atoms with Gasteiger partial charge in [0.05, 0.1) is 22.9 Å². The Bertz CT molecular complexity index is 1180. The molecule has 0 fully saturated rings. The predicted molar refractivity (Wildman–Crippen MR) is 113 cm³/mol. The summed E-state index contributed by atoms with van der Waals surface area (Å²) in [5.41, 5.74) is 2.64. The van der Waals surface area contributed by atoms with Crippen LogP contribution in [-0.2, 0) is 0 Å². The van der Waals surface area contributed by atoms with E-state index in [0.29, 0.717) is 27.8 Å². The van der Waals surface area contributed by atoms with Gasteiger partial charge < -0.3 is 4.74 Å². The lowest BCUT2D eigenvalue weighted by Crippen LogP contribution is -2.12. The Morgan fingerprint density at radius 3 is 2.45 bits per heavy atom. The standard InChI is InChI=1S/C23H15N3O2S/c24-14-16-10-12-17(13-11-16)20-15-29-23(25-20)26-22(27)19-8-4-5-9-21(19)28-18-6-2-1-3-7-18/h1-13,15H,(H,25,26,27). The van der Waals surface area contributed by atoms with Crippen LogP contribution in [0.3, 0.4) is 0 Å². The lowest BCUT2D eigenvalue weighted by atomic mass is 10.1. The number of carbonyl (C=O) groups is 1. The minimum absolute atomic E-state index is 0.294. The number of nitriles is 1. The van der Waals surface area contributed by atoms with Crippen molar-refractivity contribution in [3.8, 4) is 28.8 Å². The number of amides is 1. The summed E-state index contributed by atoms with van der Waals surface area (Å²) in [6.45, 7) is 0. The molecule has 1 heterocycles. The molecule has 1 amide bonds. The molecule has 6 heteroatoms. The lowest BCUT2D eigenvalue weighted by molar-refractivity contribution is 0.102. The van der Waals surface area contributed by atoms with Gasteiger partial charge in [-0.05, 0) is 36.4 Å². The van der Waals surface area contributed by atoms with E-state index in [-0.39, 0.29) is 5.91 Å². The first-order valence-electron chi connectivity index (χ1n) is 8.82. The number of para-hydroxylation sites is 2. The molecule has 140 valence electrons. The van der Waals surface area contributed by atoms with Gasteiger partial charge in [-0.15, -0.1) is 11.3 Å². The Kier molecular flexibility index (Phi) is 5.32. The highest BCUT2D eigenvalue weighted by atomic mass is 32.1. The van der Waals surface area contributed by atoms with E-state index in [1.54, 1.807) is 30.3 Å². The fraction of sp³-hybridized carbons (Fsp3) is 0. The first-order chi connectivity index (χ1) is 14.2. The van der Waals surface area contributed by atoms with Crippen molar-refractivity contribution < 1.29 is 9.53 Å². The van der Waals surface area contributed by atoms with Crippen molar-refractivity contribution in [2.45, 2.75) is 0 Å². The molecule has 5 nitrogen and oxygen atoms in total. The molecule has 4 aromatic rings. The minimum atomic E-state index is -0.294. The zero-order chi connectivity index (χ0) is 20.1. The Labute approximate surface area is 171 Å².